The van der Waals surface area contributed by atoms with Crippen molar-refractivity contribution in [1.82, 2.24) is 10.3 Å². The minimum atomic E-state index is -0.382. The number of thiazole rings is 1. The second kappa shape index (κ2) is 10.9. The Kier molecular flexibility index (Phi) is 7.76. The van der Waals surface area contributed by atoms with E-state index in [1.54, 1.807) is 54.0 Å². The van der Waals surface area contributed by atoms with Gasteiger partial charge in [0.2, 0.25) is 5.91 Å². The summed E-state index contributed by atoms with van der Waals surface area (Å²) in [6, 6.07) is 11.8. The molecule has 0 spiro atoms. The molecule has 9 nitrogen and oxygen atoms in total. The number of anilines is 2. The normalized spacial score (nSPS) is 10.2. The number of hydrogen-bond acceptors (Lipinski definition) is 7. The van der Waals surface area contributed by atoms with Crippen molar-refractivity contribution < 1.29 is 23.9 Å². The molecule has 0 fully saturated rings. The third-order valence-corrected chi connectivity index (χ3v) is 4.91. The molecule has 0 radical (unpaired) electrons. The lowest BCUT2D eigenvalue weighted by atomic mass is 10.1. The van der Waals surface area contributed by atoms with E-state index in [2.05, 4.69) is 20.9 Å². The minimum Gasteiger partial charge on any atom is -0.496 e. The lowest BCUT2D eigenvalue weighted by molar-refractivity contribution is -0.123. The van der Waals surface area contributed by atoms with E-state index >= 15 is 0 Å². The number of methoxy groups -OCH3 is 1. The van der Waals surface area contributed by atoms with E-state index in [1.165, 1.54) is 25.4 Å². The third kappa shape index (κ3) is 6.29. The van der Waals surface area contributed by atoms with Crippen molar-refractivity contribution in [2.75, 3.05) is 24.4 Å². The van der Waals surface area contributed by atoms with Gasteiger partial charge >= 0.3 is 0 Å². The van der Waals surface area contributed by atoms with Gasteiger partial charge in [0.25, 0.3) is 11.8 Å². The molecule has 0 atom stereocenters. The highest BCUT2D eigenvalue weighted by Crippen LogP contribution is 2.23. The van der Waals surface area contributed by atoms with E-state index in [9.17, 15) is 14.4 Å². The third-order valence-electron chi connectivity index (χ3n) is 4.22. The summed E-state index contributed by atoms with van der Waals surface area (Å²) in [5, 5.41) is 10.3. The summed E-state index contributed by atoms with van der Waals surface area (Å²) in [7, 11) is 1.52. The second-order valence-electron chi connectivity index (χ2n) is 6.56. The zero-order valence-corrected chi connectivity index (χ0v) is 18.3. The second-order valence-corrected chi connectivity index (χ2v) is 7.46. The van der Waals surface area contributed by atoms with Gasteiger partial charge in [0.15, 0.2) is 11.7 Å². The maximum atomic E-state index is 12.5. The van der Waals surface area contributed by atoms with E-state index in [4.69, 9.17) is 9.47 Å². The summed E-state index contributed by atoms with van der Waals surface area (Å²) < 4.78 is 10.9. The highest BCUT2D eigenvalue weighted by atomic mass is 32.1. The standard InChI is InChI=1S/C22H22N4O5S/c1-14(27)25-16-7-8-18(30-2)15(11-16)12-24-20(28)13-31-19-6-4-3-5-17(19)21(29)26-22-23-9-10-32-22/h3-11H,12-13H2,1-2H3,(H,24,28)(H,25,27)(H,23,26,29). The Balaban J connectivity index is 1.59. The van der Waals surface area contributed by atoms with Gasteiger partial charge < -0.3 is 20.1 Å². The van der Waals surface area contributed by atoms with Crippen LogP contribution in [-0.2, 0) is 16.1 Å². The van der Waals surface area contributed by atoms with Gasteiger partial charge in [0.05, 0.1) is 12.7 Å². The van der Waals surface area contributed by atoms with Gasteiger partial charge in [0, 0.05) is 36.3 Å². The SMILES string of the molecule is COc1ccc(NC(C)=O)cc1CNC(=O)COc1ccccc1C(=O)Nc1nccs1. The van der Waals surface area contributed by atoms with Crippen LogP contribution in [0.5, 0.6) is 11.5 Å². The van der Waals surface area contributed by atoms with Crippen LogP contribution in [0.15, 0.2) is 54.0 Å². The van der Waals surface area contributed by atoms with Crippen molar-refractivity contribution in [3.63, 3.8) is 0 Å². The number of ether oxygens (including phenoxy) is 2. The maximum absolute atomic E-state index is 12.5. The Morgan fingerprint density at radius 3 is 2.59 bits per heavy atom. The molecule has 0 aliphatic rings. The van der Waals surface area contributed by atoms with Crippen LogP contribution in [0.3, 0.4) is 0 Å². The predicted octanol–water partition coefficient (Wildman–Crippen LogP) is 3.06. The molecule has 0 unspecified atom stereocenters. The van der Waals surface area contributed by atoms with Crippen molar-refractivity contribution in [2.45, 2.75) is 13.5 Å². The first-order valence-corrected chi connectivity index (χ1v) is 10.5. The molecule has 3 rings (SSSR count). The van der Waals surface area contributed by atoms with Gasteiger partial charge in [0.1, 0.15) is 11.5 Å². The van der Waals surface area contributed by atoms with Crippen molar-refractivity contribution in [2.24, 2.45) is 0 Å². The van der Waals surface area contributed by atoms with E-state index in [-0.39, 0.29) is 36.6 Å². The molecule has 1 aromatic heterocycles. The number of nitrogens with one attached hydrogen (secondary N) is 3. The van der Waals surface area contributed by atoms with E-state index in [0.29, 0.717) is 27.7 Å². The molecule has 0 aliphatic heterocycles. The molecule has 32 heavy (non-hydrogen) atoms. The highest BCUT2D eigenvalue weighted by Gasteiger charge is 2.15. The van der Waals surface area contributed by atoms with Gasteiger partial charge in [-0.1, -0.05) is 12.1 Å². The Morgan fingerprint density at radius 2 is 1.88 bits per heavy atom. The molecule has 2 aromatic carbocycles. The number of benzene rings is 2. The minimum absolute atomic E-state index is 0.172. The summed E-state index contributed by atoms with van der Waals surface area (Å²) >= 11 is 1.30. The van der Waals surface area contributed by atoms with Crippen LogP contribution >= 0.6 is 11.3 Å². The quantitative estimate of drug-likeness (QED) is 0.457. The number of carbonyl (C=O) groups excluding carboxylic acids is 3. The molecule has 3 amide bonds. The van der Waals surface area contributed by atoms with Crippen molar-refractivity contribution >= 4 is 39.9 Å². The molecule has 0 saturated carbocycles. The first-order valence-electron chi connectivity index (χ1n) is 9.60. The van der Waals surface area contributed by atoms with E-state index in [1.807, 2.05) is 0 Å². The molecule has 3 N–H and O–H groups in total. The van der Waals surface area contributed by atoms with Crippen LogP contribution in [-0.4, -0.2) is 36.4 Å². The molecule has 1 heterocycles. The largest absolute Gasteiger partial charge is 0.496 e. The Labute approximate surface area is 188 Å². The number of para-hydroxylation sites is 1. The van der Waals surface area contributed by atoms with Crippen molar-refractivity contribution in [3.8, 4) is 11.5 Å². The number of amides is 3. The molecular weight excluding hydrogens is 432 g/mol. The van der Waals surface area contributed by atoms with Gasteiger partial charge in [-0.2, -0.15) is 0 Å². The van der Waals surface area contributed by atoms with Crippen LogP contribution in [0.4, 0.5) is 10.8 Å². The lowest BCUT2D eigenvalue weighted by Crippen LogP contribution is -2.29. The first-order chi connectivity index (χ1) is 15.5. The molecule has 166 valence electrons. The topological polar surface area (TPSA) is 119 Å². The van der Waals surface area contributed by atoms with Crippen LogP contribution in [0.25, 0.3) is 0 Å². The van der Waals surface area contributed by atoms with Crippen LogP contribution in [0.1, 0.15) is 22.8 Å². The average molecular weight is 455 g/mol. The highest BCUT2D eigenvalue weighted by molar-refractivity contribution is 7.13. The van der Waals surface area contributed by atoms with E-state index in [0.717, 1.165) is 0 Å². The zero-order chi connectivity index (χ0) is 22.9. The van der Waals surface area contributed by atoms with E-state index < -0.39 is 0 Å². The van der Waals surface area contributed by atoms with Crippen LogP contribution in [0.2, 0.25) is 0 Å². The molecule has 10 heteroatoms. The van der Waals surface area contributed by atoms with Crippen LogP contribution < -0.4 is 25.4 Å². The average Bonchev–Trinajstić information content (AvgIpc) is 3.29. The lowest BCUT2D eigenvalue weighted by Gasteiger charge is -2.13. The predicted molar refractivity (Wildman–Crippen MR) is 121 cm³/mol. The summed E-state index contributed by atoms with van der Waals surface area (Å²) in [5.74, 6) is -0.106. The molecule has 3 aromatic rings. The molecule has 0 bridgehead atoms. The fourth-order valence-electron chi connectivity index (χ4n) is 2.82. The molecular formula is C22H22N4O5S. The Morgan fingerprint density at radius 1 is 1.06 bits per heavy atom. The summed E-state index contributed by atoms with van der Waals surface area (Å²) in [5.41, 5.74) is 1.58. The summed E-state index contributed by atoms with van der Waals surface area (Å²) in [6.45, 7) is 1.30. The van der Waals surface area contributed by atoms with Gasteiger partial charge in [-0.25, -0.2) is 4.98 Å². The maximum Gasteiger partial charge on any atom is 0.261 e. The molecule has 0 saturated heterocycles. The van der Waals surface area contributed by atoms with Crippen molar-refractivity contribution in [1.29, 1.82) is 0 Å². The summed E-state index contributed by atoms with van der Waals surface area (Å²) in [4.78, 5) is 40.1. The molecule has 0 aliphatic carbocycles. The van der Waals surface area contributed by atoms with Gasteiger partial charge in [-0.15, -0.1) is 11.3 Å². The smallest absolute Gasteiger partial charge is 0.261 e. The van der Waals surface area contributed by atoms with Crippen LogP contribution in [0, 0.1) is 0 Å². The van der Waals surface area contributed by atoms with Crippen molar-refractivity contribution in [3.05, 3.63) is 65.2 Å². The zero-order valence-electron chi connectivity index (χ0n) is 17.5. The first kappa shape index (κ1) is 22.8. The monoisotopic (exact) mass is 454 g/mol. The fourth-order valence-corrected chi connectivity index (χ4v) is 3.34. The number of aromatic nitrogens is 1. The van der Waals surface area contributed by atoms with Gasteiger partial charge in [-0.05, 0) is 30.3 Å². The number of nitrogens with zero attached hydrogens (tertiary/aromatic N) is 1. The number of carbonyl (C=O) groups is 3. The Hall–Kier alpha value is -3.92. The fraction of sp³-hybridized carbons (Fsp3) is 0.182. The number of rotatable bonds is 9. The van der Waals surface area contributed by atoms with Gasteiger partial charge in [-0.3, -0.25) is 19.7 Å². The Bertz CT molecular complexity index is 1100. The summed E-state index contributed by atoms with van der Waals surface area (Å²) in [6.07, 6.45) is 1.59. The number of hydrogen-bond donors (Lipinski definition) is 3.